The van der Waals surface area contributed by atoms with Crippen LogP contribution in [-0.4, -0.2) is 4.57 Å². The largest absolute Gasteiger partial charge is 0.352 e. The molecular weight excluding hydrogens is 518 g/mol. The zero-order chi connectivity index (χ0) is 27.0. The molecule has 3 aliphatic heterocycles. The number of hydrogen-bond donors (Lipinski definition) is 0. The highest BCUT2D eigenvalue weighted by Gasteiger charge is 2.69. The molecular formula is C37H25N3S+2. The Morgan fingerprint density at radius 2 is 1.51 bits per heavy atom. The number of aryl methyl sites for hydroxylation is 2. The maximum atomic E-state index is 2.62. The number of para-hydroxylation sites is 2. The standard InChI is InChI=1S/C37H25N3S/c1-22-11-9-12-23(2)33(22)39-29-18-10-19-30-34(29)40-35-31(41-30)21-24-13-3-4-14-25(24)32(35)37(36(39)40)27-16-6-5-15-26(27)28-17-7-8-20-38(28)37/h3-21H,1-2H3/q+2. The molecule has 7 aromatic rings. The van der Waals surface area contributed by atoms with Crippen LogP contribution >= 0.6 is 11.8 Å². The topological polar surface area (TPSA) is 12.7 Å². The molecule has 0 saturated carbocycles. The second-order valence-corrected chi connectivity index (χ2v) is 12.6. The van der Waals surface area contributed by atoms with Crippen LogP contribution in [0, 0.1) is 13.8 Å². The Balaban J connectivity index is 1.56. The van der Waals surface area contributed by atoms with E-state index in [4.69, 9.17) is 0 Å². The fourth-order valence-electron chi connectivity index (χ4n) is 8.04. The van der Waals surface area contributed by atoms with E-state index >= 15 is 0 Å². The molecule has 0 radical (unpaired) electrons. The van der Waals surface area contributed by atoms with Crippen molar-refractivity contribution in [3.63, 3.8) is 0 Å². The number of pyridine rings is 1. The summed E-state index contributed by atoms with van der Waals surface area (Å²) in [6.07, 6.45) is 2.30. The van der Waals surface area contributed by atoms with Crippen LogP contribution in [0.1, 0.15) is 28.1 Å². The summed E-state index contributed by atoms with van der Waals surface area (Å²) in [5, 5.41) is 2.60. The van der Waals surface area contributed by atoms with E-state index in [1.165, 1.54) is 82.3 Å². The smallest absolute Gasteiger partial charge is 0.184 e. The van der Waals surface area contributed by atoms with Crippen molar-refractivity contribution in [2.24, 2.45) is 0 Å². The van der Waals surface area contributed by atoms with Gasteiger partial charge in [0.25, 0.3) is 0 Å². The van der Waals surface area contributed by atoms with E-state index in [1.54, 1.807) is 0 Å². The summed E-state index contributed by atoms with van der Waals surface area (Å²) in [6, 6.07) is 40.6. The highest BCUT2D eigenvalue weighted by Crippen LogP contribution is 2.57. The molecule has 0 amide bonds. The Labute approximate surface area is 242 Å². The molecule has 10 rings (SSSR count). The summed E-state index contributed by atoms with van der Waals surface area (Å²) in [7, 11) is 0. The molecule has 0 fully saturated rings. The lowest BCUT2D eigenvalue weighted by atomic mass is 9.80. The molecule has 0 N–H and O–H groups in total. The van der Waals surface area contributed by atoms with Gasteiger partial charge in [0.1, 0.15) is 5.69 Å². The van der Waals surface area contributed by atoms with Crippen LogP contribution in [0.4, 0.5) is 0 Å². The molecule has 5 aromatic carbocycles. The average Bonchev–Trinajstić information content (AvgIpc) is 3.60. The number of nitrogens with zero attached hydrogens (tertiary/aromatic N) is 3. The van der Waals surface area contributed by atoms with E-state index < -0.39 is 5.54 Å². The summed E-state index contributed by atoms with van der Waals surface area (Å²) in [5.41, 5.74) is 12.5. The van der Waals surface area contributed by atoms with E-state index in [-0.39, 0.29) is 0 Å². The van der Waals surface area contributed by atoms with Gasteiger partial charge >= 0.3 is 11.4 Å². The highest BCUT2D eigenvalue weighted by atomic mass is 32.2. The molecule has 0 saturated heterocycles. The van der Waals surface area contributed by atoms with Crippen molar-refractivity contribution in [1.29, 1.82) is 0 Å². The Kier molecular flexibility index (Phi) is 3.95. The molecule has 0 bridgehead atoms. The third-order valence-electron chi connectivity index (χ3n) is 9.46. The molecule has 2 aromatic heterocycles. The van der Waals surface area contributed by atoms with Crippen LogP contribution in [0.5, 0.6) is 0 Å². The van der Waals surface area contributed by atoms with E-state index in [9.17, 15) is 0 Å². The molecule has 41 heavy (non-hydrogen) atoms. The number of imidazole rings is 1. The summed E-state index contributed by atoms with van der Waals surface area (Å²) >= 11 is 1.92. The van der Waals surface area contributed by atoms with Crippen LogP contribution in [0.3, 0.4) is 0 Å². The van der Waals surface area contributed by atoms with Crippen LogP contribution < -0.4 is 9.13 Å². The van der Waals surface area contributed by atoms with E-state index in [0.29, 0.717) is 0 Å². The maximum Gasteiger partial charge on any atom is 0.352 e. The van der Waals surface area contributed by atoms with Gasteiger partial charge in [-0.2, -0.15) is 13.7 Å². The van der Waals surface area contributed by atoms with Crippen LogP contribution in [-0.2, 0) is 5.54 Å². The van der Waals surface area contributed by atoms with Crippen molar-refractivity contribution >= 4 is 33.6 Å². The molecule has 1 spiro atoms. The van der Waals surface area contributed by atoms with Gasteiger partial charge in [0, 0.05) is 12.1 Å². The number of rotatable bonds is 1. The zero-order valence-corrected chi connectivity index (χ0v) is 23.5. The fourth-order valence-corrected chi connectivity index (χ4v) is 9.19. The summed E-state index contributed by atoms with van der Waals surface area (Å²) in [5.74, 6) is 1.28. The number of aromatic nitrogens is 3. The SMILES string of the molecule is Cc1cccc(C)c1-n1c2[n+]3c4c(cccc41)Sc1cc4ccccc4c(c1-3)C21c2ccccc2-c2cccc[n+]21. The van der Waals surface area contributed by atoms with Gasteiger partial charge in [0.15, 0.2) is 22.9 Å². The van der Waals surface area contributed by atoms with E-state index in [0.717, 1.165) is 0 Å². The van der Waals surface area contributed by atoms with Gasteiger partial charge in [-0.1, -0.05) is 78.5 Å². The summed E-state index contributed by atoms with van der Waals surface area (Å²) in [4.78, 5) is 2.63. The minimum atomic E-state index is -0.548. The molecule has 4 heteroatoms. The van der Waals surface area contributed by atoms with Gasteiger partial charge in [-0.15, -0.1) is 0 Å². The van der Waals surface area contributed by atoms with Crippen molar-refractivity contribution < 1.29 is 9.13 Å². The van der Waals surface area contributed by atoms with Gasteiger partial charge in [-0.25, -0.2) is 0 Å². The summed E-state index contributed by atoms with van der Waals surface area (Å²) < 4.78 is 7.78. The van der Waals surface area contributed by atoms with Crippen molar-refractivity contribution in [2.45, 2.75) is 29.2 Å². The van der Waals surface area contributed by atoms with Gasteiger partial charge in [-0.3, -0.25) is 0 Å². The van der Waals surface area contributed by atoms with E-state index in [1.807, 2.05) is 11.8 Å². The average molecular weight is 544 g/mol. The van der Waals surface area contributed by atoms with Crippen LogP contribution in [0.25, 0.3) is 44.4 Å². The minimum Gasteiger partial charge on any atom is -0.184 e. The van der Waals surface area contributed by atoms with E-state index in [2.05, 4.69) is 143 Å². The van der Waals surface area contributed by atoms with Crippen LogP contribution in [0.2, 0.25) is 0 Å². The first-order valence-corrected chi connectivity index (χ1v) is 15.0. The molecule has 1 atom stereocenters. The molecule has 5 heterocycles. The Morgan fingerprint density at radius 3 is 2.41 bits per heavy atom. The Hall–Kier alpha value is -4.67. The van der Waals surface area contributed by atoms with Gasteiger partial charge in [0.05, 0.1) is 26.5 Å². The molecule has 192 valence electrons. The van der Waals surface area contributed by atoms with Gasteiger partial charge < -0.3 is 0 Å². The predicted octanol–water partition coefficient (Wildman–Crippen LogP) is 7.56. The normalized spacial score (nSPS) is 17.0. The highest BCUT2D eigenvalue weighted by molar-refractivity contribution is 7.99. The second-order valence-electron chi connectivity index (χ2n) is 11.5. The molecule has 1 unspecified atom stereocenters. The van der Waals surface area contributed by atoms with Gasteiger partial charge in [0.2, 0.25) is 5.69 Å². The molecule has 3 aliphatic rings. The quantitative estimate of drug-likeness (QED) is 0.195. The zero-order valence-electron chi connectivity index (χ0n) is 22.7. The lowest BCUT2D eigenvalue weighted by Crippen LogP contribution is -2.57. The Bertz CT molecular complexity index is 2260. The first-order chi connectivity index (χ1) is 20.2. The fraction of sp³-hybridized carbons (Fsp3) is 0.0811. The summed E-state index contributed by atoms with van der Waals surface area (Å²) in [6.45, 7) is 4.51. The molecule has 3 nitrogen and oxygen atoms in total. The second kappa shape index (κ2) is 7.34. The van der Waals surface area contributed by atoms with Crippen molar-refractivity contribution in [3.8, 4) is 22.6 Å². The van der Waals surface area contributed by atoms with Crippen molar-refractivity contribution in [3.05, 3.63) is 143 Å². The number of benzene rings is 5. The van der Waals surface area contributed by atoms with Crippen LogP contribution in [0.15, 0.2) is 125 Å². The predicted molar refractivity (Wildman–Crippen MR) is 163 cm³/mol. The maximum absolute atomic E-state index is 2.62. The lowest BCUT2D eigenvalue weighted by molar-refractivity contribution is -0.733. The van der Waals surface area contributed by atoms with Crippen molar-refractivity contribution in [1.82, 2.24) is 4.57 Å². The third kappa shape index (κ3) is 2.38. The van der Waals surface area contributed by atoms with Crippen molar-refractivity contribution in [2.75, 3.05) is 0 Å². The molecule has 0 aliphatic carbocycles. The Morgan fingerprint density at radius 1 is 0.732 bits per heavy atom. The number of hydrogen-bond acceptors (Lipinski definition) is 1. The minimum absolute atomic E-state index is 0.548. The first kappa shape index (κ1) is 22.1. The first-order valence-electron chi connectivity index (χ1n) is 14.2. The third-order valence-corrected chi connectivity index (χ3v) is 10.5. The lowest BCUT2D eigenvalue weighted by Gasteiger charge is -2.22. The number of fused-ring (bicyclic) bond motifs is 9. The van der Waals surface area contributed by atoms with Gasteiger partial charge in [-0.05, 0) is 66.1 Å². The monoisotopic (exact) mass is 543 g/mol.